The quantitative estimate of drug-likeness (QED) is 0.736. The van der Waals surface area contributed by atoms with Gasteiger partial charge in [0.1, 0.15) is 5.82 Å². The molecule has 0 spiro atoms. The molecule has 0 saturated carbocycles. The summed E-state index contributed by atoms with van der Waals surface area (Å²) in [6.07, 6.45) is 0.895. The Morgan fingerprint density at radius 2 is 1.88 bits per heavy atom. The van der Waals surface area contributed by atoms with Crippen LogP contribution in [0.1, 0.15) is 17.2 Å². The topological polar surface area (TPSA) is 38.0 Å². The number of rotatable bonds is 1. The Kier molecular flexibility index (Phi) is 2.25. The zero-order valence-electron chi connectivity index (χ0n) is 9.28. The van der Waals surface area contributed by atoms with Gasteiger partial charge in [0.25, 0.3) is 0 Å². The molecule has 1 atom stereocenters. The number of hydrogen-bond donors (Lipinski definition) is 2. The van der Waals surface area contributed by atoms with Gasteiger partial charge < -0.3 is 11.1 Å². The molecule has 0 amide bonds. The first-order valence-electron chi connectivity index (χ1n) is 5.63. The molecule has 0 aromatic heterocycles. The van der Waals surface area contributed by atoms with Crippen LogP contribution in [-0.4, -0.2) is 0 Å². The van der Waals surface area contributed by atoms with E-state index in [1.165, 1.54) is 17.7 Å². The van der Waals surface area contributed by atoms with Crippen LogP contribution >= 0.6 is 0 Å². The fourth-order valence-electron chi connectivity index (χ4n) is 2.28. The van der Waals surface area contributed by atoms with Crippen molar-refractivity contribution in [2.75, 3.05) is 11.1 Å². The maximum Gasteiger partial charge on any atom is 0.123 e. The van der Waals surface area contributed by atoms with Crippen LogP contribution in [0.5, 0.6) is 0 Å². The summed E-state index contributed by atoms with van der Waals surface area (Å²) in [5.41, 5.74) is 9.98. The Morgan fingerprint density at radius 3 is 2.65 bits per heavy atom. The molecule has 1 heterocycles. The van der Waals surface area contributed by atoms with Gasteiger partial charge in [-0.25, -0.2) is 4.39 Å². The first-order chi connectivity index (χ1) is 8.22. The summed E-state index contributed by atoms with van der Waals surface area (Å²) in [5, 5.41) is 3.42. The van der Waals surface area contributed by atoms with Gasteiger partial charge in [-0.2, -0.15) is 0 Å². The Balaban J connectivity index is 1.88. The lowest BCUT2D eigenvalue weighted by Crippen LogP contribution is -2.05. The van der Waals surface area contributed by atoms with E-state index in [1.54, 1.807) is 0 Å². The van der Waals surface area contributed by atoms with Crippen molar-refractivity contribution < 1.29 is 4.39 Å². The van der Waals surface area contributed by atoms with Gasteiger partial charge in [0.05, 0.1) is 6.04 Å². The van der Waals surface area contributed by atoms with Crippen molar-refractivity contribution in [3.8, 4) is 0 Å². The molecule has 3 rings (SSSR count). The van der Waals surface area contributed by atoms with Gasteiger partial charge in [-0.15, -0.1) is 0 Å². The van der Waals surface area contributed by atoms with Crippen LogP contribution in [0.2, 0.25) is 0 Å². The molecule has 2 aromatic carbocycles. The highest BCUT2D eigenvalue weighted by atomic mass is 19.1. The lowest BCUT2D eigenvalue weighted by molar-refractivity contribution is 0.626. The van der Waals surface area contributed by atoms with Crippen molar-refractivity contribution in [1.29, 1.82) is 0 Å². The highest BCUT2D eigenvalue weighted by molar-refractivity contribution is 5.63. The normalized spacial score (nSPS) is 17.6. The summed E-state index contributed by atoms with van der Waals surface area (Å²) in [6.45, 7) is 0. The molecule has 0 bridgehead atoms. The van der Waals surface area contributed by atoms with Crippen molar-refractivity contribution >= 4 is 11.4 Å². The molecule has 1 aliphatic heterocycles. The summed E-state index contributed by atoms with van der Waals surface area (Å²) < 4.78 is 12.9. The number of hydrogen-bond acceptors (Lipinski definition) is 2. The second-order valence-electron chi connectivity index (χ2n) is 4.37. The maximum absolute atomic E-state index is 12.9. The van der Waals surface area contributed by atoms with E-state index in [9.17, 15) is 4.39 Å². The third-order valence-electron chi connectivity index (χ3n) is 3.16. The minimum atomic E-state index is -0.200. The number of halogens is 1. The molecule has 1 aliphatic rings. The minimum absolute atomic E-state index is 0.200. The van der Waals surface area contributed by atoms with Crippen LogP contribution in [0.25, 0.3) is 0 Å². The second-order valence-corrected chi connectivity index (χ2v) is 4.37. The summed E-state index contributed by atoms with van der Waals surface area (Å²) in [7, 11) is 0. The standard InChI is InChI=1S/C14H13FN2/c15-11-3-1-9(2-4-11)14-8-10-7-12(16)5-6-13(10)17-14/h1-7,14,17H,8,16H2. The zero-order chi connectivity index (χ0) is 11.8. The number of benzene rings is 2. The molecule has 0 radical (unpaired) electrons. The average molecular weight is 228 g/mol. The molecule has 0 saturated heterocycles. The van der Waals surface area contributed by atoms with Gasteiger partial charge >= 0.3 is 0 Å². The lowest BCUT2D eigenvalue weighted by atomic mass is 10.0. The van der Waals surface area contributed by atoms with Crippen LogP contribution in [-0.2, 0) is 6.42 Å². The van der Waals surface area contributed by atoms with E-state index in [0.717, 1.165) is 23.4 Å². The minimum Gasteiger partial charge on any atom is -0.399 e. The number of anilines is 2. The van der Waals surface area contributed by atoms with E-state index < -0.39 is 0 Å². The monoisotopic (exact) mass is 228 g/mol. The smallest absolute Gasteiger partial charge is 0.123 e. The van der Waals surface area contributed by atoms with Gasteiger partial charge in [-0.05, 0) is 47.9 Å². The van der Waals surface area contributed by atoms with E-state index in [-0.39, 0.29) is 11.9 Å². The molecular formula is C14H13FN2. The highest BCUT2D eigenvalue weighted by Crippen LogP contribution is 2.35. The van der Waals surface area contributed by atoms with E-state index in [1.807, 2.05) is 30.3 Å². The molecule has 3 N–H and O–H groups in total. The molecule has 0 fully saturated rings. The van der Waals surface area contributed by atoms with Crippen molar-refractivity contribution in [1.82, 2.24) is 0 Å². The Morgan fingerprint density at radius 1 is 1.12 bits per heavy atom. The van der Waals surface area contributed by atoms with Crippen molar-refractivity contribution in [3.05, 3.63) is 59.4 Å². The first-order valence-corrected chi connectivity index (χ1v) is 5.63. The van der Waals surface area contributed by atoms with E-state index in [0.29, 0.717) is 0 Å². The first kappa shape index (κ1) is 10.1. The predicted octanol–water partition coefficient (Wildman–Crippen LogP) is 3.12. The van der Waals surface area contributed by atoms with E-state index >= 15 is 0 Å². The van der Waals surface area contributed by atoms with Gasteiger partial charge in [0.15, 0.2) is 0 Å². The van der Waals surface area contributed by atoms with E-state index in [2.05, 4.69) is 5.32 Å². The molecule has 86 valence electrons. The average Bonchev–Trinajstić information content (AvgIpc) is 2.72. The second kappa shape index (κ2) is 3.77. The molecule has 0 aliphatic carbocycles. The molecule has 3 heteroatoms. The van der Waals surface area contributed by atoms with E-state index in [4.69, 9.17) is 5.73 Å². The molecule has 2 aromatic rings. The number of nitrogen functional groups attached to an aromatic ring is 1. The van der Waals surface area contributed by atoms with Gasteiger partial charge in [0.2, 0.25) is 0 Å². The van der Waals surface area contributed by atoms with Gasteiger partial charge in [0, 0.05) is 11.4 Å². The Bertz CT molecular complexity index is 549. The zero-order valence-corrected chi connectivity index (χ0v) is 9.28. The molecule has 17 heavy (non-hydrogen) atoms. The molecular weight excluding hydrogens is 215 g/mol. The van der Waals surface area contributed by atoms with Crippen LogP contribution in [0.4, 0.5) is 15.8 Å². The summed E-state index contributed by atoms with van der Waals surface area (Å²) in [5.74, 6) is -0.200. The maximum atomic E-state index is 12.9. The van der Waals surface area contributed by atoms with Crippen LogP contribution < -0.4 is 11.1 Å². The van der Waals surface area contributed by atoms with Gasteiger partial charge in [-0.3, -0.25) is 0 Å². The third-order valence-corrected chi connectivity index (χ3v) is 3.16. The van der Waals surface area contributed by atoms with Crippen LogP contribution in [0.15, 0.2) is 42.5 Å². The van der Waals surface area contributed by atoms with Crippen molar-refractivity contribution in [2.24, 2.45) is 0 Å². The fraction of sp³-hybridized carbons (Fsp3) is 0.143. The highest BCUT2D eigenvalue weighted by Gasteiger charge is 2.21. The predicted molar refractivity (Wildman–Crippen MR) is 67.3 cm³/mol. The third kappa shape index (κ3) is 1.84. The Labute approximate surface area is 99.3 Å². The van der Waals surface area contributed by atoms with Crippen molar-refractivity contribution in [2.45, 2.75) is 12.5 Å². The van der Waals surface area contributed by atoms with Crippen LogP contribution in [0, 0.1) is 5.82 Å². The number of nitrogens with two attached hydrogens (primary N) is 1. The van der Waals surface area contributed by atoms with Gasteiger partial charge in [-0.1, -0.05) is 12.1 Å². The summed E-state index contributed by atoms with van der Waals surface area (Å²) in [6, 6.07) is 12.7. The SMILES string of the molecule is Nc1ccc2c(c1)CC(c1ccc(F)cc1)N2. The largest absolute Gasteiger partial charge is 0.399 e. The number of fused-ring (bicyclic) bond motifs is 1. The summed E-state index contributed by atoms with van der Waals surface area (Å²) >= 11 is 0. The summed E-state index contributed by atoms with van der Waals surface area (Å²) in [4.78, 5) is 0. The van der Waals surface area contributed by atoms with Crippen molar-refractivity contribution in [3.63, 3.8) is 0 Å². The molecule has 1 unspecified atom stereocenters. The lowest BCUT2D eigenvalue weighted by Gasteiger charge is -2.11. The fourth-order valence-corrected chi connectivity index (χ4v) is 2.28. The number of nitrogens with one attached hydrogen (secondary N) is 1. The Hall–Kier alpha value is -2.03. The van der Waals surface area contributed by atoms with Crippen LogP contribution in [0.3, 0.4) is 0 Å². The molecule has 2 nitrogen and oxygen atoms in total.